The molecule has 1 spiro atoms. The second-order valence-corrected chi connectivity index (χ2v) is 19.9. The van der Waals surface area contributed by atoms with Gasteiger partial charge >= 0.3 is 17.9 Å². The van der Waals surface area contributed by atoms with Crippen LogP contribution in [0, 0.1) is 28.6 Å². The van der Waals surface area contributed by atoms with Crippen LogP contribution < -0.4 is 0 Å². The summed E-state index contributed by atoms with van der Waals surface area (Å²) in [5.41, 5.74) is -3.46. The minimum atomic E-state index is -2.43. The maximum Gasteiger partial charge on any atom is 0.348 e. The molecule has 2 heterocycles. The number of allylic oxidation sites excluding steroid dienone is 3. The smallest absolute Gasteiger partial charge is 0.348 e. The second kappa shape index (κ2) is 10.1. The Hall–Kier alpha value is -2.83. The molecule has 3 aliphatic carbocycles. The standard InChI is InChI=1S/C32H44O11Si/c1-15(2)11-20(34)42-23-25-31-14-40-32(25,28(38)39-8)26(36)21(35)24(31)30(7)13-18(33)22(43-44(9,10)29(4,5)6)16(3)17(30)12-19(31)41-27(23)37/h11,17,19,23-26,36H,12-14H2,1-10H3/t17-,19+,23+,24+,25+,26-,30-,31+,32-/m0/s1. The molecule has 2 saturated carbocycles. The summed E-state index contributed by atoms with van der Waals surface area (Å²) in [6, 6.07) is 0. The predicted molar refractivity (Wildman–Crippen MR) is 157 cm³/mol. The van der Waals surface area contributed by atoms with Crippen LogP contribution in [0.2, 0.25) is 18.1 Å². The molecule has 12 heteroatoms. The molecule has 5 rings (SSSR count). The Morgan fingerprint density at radius 3 is 2.34 bits per heavy atom. The lowest BCUT2D eigenvalue weighted by molar-refractivity contribution is -0.255. The van der Waals surface area contributed by atoms with Gasteiger partial charge in [-0.25, -0.2) is 14.4 Å². The van der Waals surface area contributed by atoms with E-state index < -0.39 is 84.5 Å². The summed E-state index contributed by atoms with van der Waals surface area (Å²) in [5, 5.41) is 11.5. The van der Waals surface area contributed by atoms with Crippen LogP contribution in [0.5, 0.6) is 0 Å². The molecule has 11 nitrogen and oxygen atoms in total. The van der Waals surface area contributed by atoms with Gasteiger partial charge in [-0.1, -0.05) is 33.3 Å². The van der Waals surface area contributed by atoms with Crippen LogP contribution in [0.4, 0.5) is 0 Å². The number of ketones is 2. The number of methoxy groups -OCH3 is 1. The van der Waals surface area contributed by atoms with Gasteiger partial charge in [0.1, 0.15) is 11.9 Å². The Bertz CT molecular complexity index is 1400. The average Bonchev–Trinajstić information content (AvgIpc) is 3.20. The Morgan fingerprint density at radius 1 is 1.14 bits per heavy atom. The number of rotatable bonds is 5. The van der Waals surface area contributed by atoms with Crippen LogP contribution in [0.1, 0.15) is 61.3 Å². The molecule has 1 N–H and O–H groups in total. The fraction of sp³-hybridized carbons (Fsp3) is 0.719. The van der Waals surface area contributed by atoms with Gasteiger partial charge in [0, 0.05) is 18.4 Å². The van der Waals surface area contributed by atoms with E-state index in [0.717, 1.165) is 7.11 Å². The summed E-state index contributed by atoms with van der Waals surface area (Å²) in [7, 11) is -1.34. The molecule has 0 aromatic heterocycles. The molecule has 0 unspecified atom stereocenters. The highest BCUT2D eigenvalue weighted by Crippen LogP contribution is 2.72. The van der Waals surface area contributed by atoms with Gasteiger partial charge in [0.25, 0.3) is 8.32 Å². The van der Waals surface area contributed by atoms with Crippen molar-refractivity contribution in [1.29, 1.82) is 0 Å². The maximum absolute atomic E-state index is 14.4. The highest BCUT2D eigenvalue weighted by atomic mass is 28.4. The number of aliphatic hydroxyl groups is 1. The summed E-state index contributed by atoms with van der Waals surface area (Å²) < 4.78 is 29.4. The first-order valence-corrected chi connectivity index (χ1v) is 18.0. The summed E-state index contributed by atoms with van der Waals surface area (Å²) >= 11 is 0. The Balaban J connectivity index is 1.69. The Kier molecular flexibility index (Phi) is 7.46. The number of aliphatic hydroxyl groups excluding tert-OH is 1. The first-order valence-electron chi connectivity index (χ1n) is 15.1. The molecular weight excluding hydrogens is 588 g/mol. The van der Waals surface area contributed by atoms with E-state index in [-0.39, 0.29) is 36.0 Å². The van der Waals surface area contributed by atoms with Crippen molar-refractivity contribution in [3.63, 3.8) is 0 Å². The lowest BCUT2D eigenvalue weighted by Gasteiger charge is -2.65. The quantitative estimate of drug-likeness (QED) is 0.206. The Labute approximate surface area is 258 Å². The van der Waals surface area contributed by atoms with Crippen LogP contribution in [0.25, 0.3) is 0 Å². The largest absolute Gasteiger partial charge is 0.541 e. The van der Waals surface area contributed by atoms with Gasteiger partial charge in [0.2, 0.25) is 11.7 Å². The number of carbonyl (C=O) groups excluding carboxylic acids is 5. The number of Topliss-reactive ketones (excluding diaryl/α,β-unsaturated/α-hetero) is 2. The van der Waals surface area contributed by atoms with Crippen molar-refractivity contribution < 1.29 is 52.5 Å². The summed E-state index contributed by atoms with van der Waals surface area (Å²) in [5.74, 6) is -6.26. The number of hydrogen-bond acceptors (Lipinski definition) is 11. The molecule has 242 valence electrons. The van der Waals surface area contributed by atoms with E-state index in [2.05, 4.69) is 33.9 Å². The second-order valence-electron chi connectivity index (χ2n) is 15.2. The number of ether oxygens (including phenoxy) is 4. The molecule has 0 radical (unpaired) electrons. The fourth-order valence-electron chi connectivity index (χ4n) is 8.51. The van der Waals surface area contributed by atoms with E-state index in [1.165, 1.54) is 6.08 Å². The topological polar surface area (TPSA) is 152 Å². The summed E-state index contributed by atoms with van der Waals surface area (Å²) in [4.78, 5) is 68.4. The van der Waals surface area contributed by atoms with Gasteiger partial charge in [-0.05, 0) is 62.2 Å². The van der Waals surface area contributed by atoms with Gasteiger partial charge in [-0.2, -0.15) is 0 Å². The van der Waals surface area contributed by atoms with Gasteiger partial charge in [0.05, 0.1) is 25.0 Å². The molecule has 0 aromatic rings. The molecule has 2 saturated heterocycles. The number of fused-ring (bicyclic) bond motifs is 2. The van der Waals surface area contributed by atoms with Crippen molar-refractivity contribution in [3.8, 4) is 0 Å². The first kappa shape index (κ1) is 32.6. The lowest BCUT2D eigenvalue weighted by Crippen LogP contribution is -2.78. The number of esters is 3. The van der Waals surface area contributed by atoms with Gasteiger partial charge < -0.3 is 28.5 Å². The van der Waals surface area contributed by atoms with Crippen LogP contribution in [0.15, 0.2) is 23.0 Å². The highest BCUT2D eigenvalue weighted by molar-refractivity contribution is 6.74. The average molecular weight is 633 g/mol. The van der Waals surface area contributed by atoms with E-state index >= 15 is 0 Å². The van der Waals surface area contributed by atoms with Gasteiger partial charge in [-0.3, -0.25) is 9.59 Å². The number of carbonyl (C=O) groups is 5. The lowest BCUT2D eigenvalue weighted by atomic mass is 9.38. The normalized spacial score (nSPS) is 39.6. The van der Waals surface area contributed by atoms with Gasteiger partial charge in [-0.15, -0.1) is 0 Å². The summed E-state index contributed by atoms with van der Waals surface area (Å²) in [6.45, 7) is 17.1. The molecule has 2 aliphatic heterocycles. The molecular formula is C32H44O11Si. The van der Waals surface area contributed by atoms with E-state index in [0.29, 0.717) is 11.1 Å². The zero-order valence-electron chi connectivity index (χ0n) is 27.2. The number of hydrogen-bond donors (Lipinski definition) is 1. The first-order chi connectivity index (χ1) is 20.2. The SMILES string of the molecule is COC(=O)[C@@]12OC[C@]34[C@H](C(=O)[C@@H]1O)[C@@]1(C)CC(=O)C(O[Si](C)(C)C(C)(C)C)=C(C)[C@@H]1C[C@H]3OC(=O)[C@H](OC(=O)C=C(C)C)[C@@H]24. The minimum Gasteiger partial charge on any atom is -0.541 e. The minimum absolute atomic E-state index is 0.0648. The molecule has 4 fully saturated rings. The molecule has 0 amide bonds. The Morgan fingerprint density at radius 2 is 1.77 bits per heavy atom. The van der Waals surface area contributed by atoms with Crippen molar-refractivity contribution >= 4 is 37.8 Å². The van der Waals surface area contributed by atoms with E-state index in [1.807, 2.05) is 13.8 Å². The van der Waals surface area contributed by atoms with E-state index in [4.69, 9.17) is 23.4 Å². The molecule has 44 heavy (non-hydrogen) atoms. The third-order valence-corrected chi connectivity index (χ3v) is 15.7. The molecule has 2 bridgehead atoms. The molecule has 9 atom stereocenters. The van der Waals surface area contributed by atoms with Crippen LogP contribution in [-0.4, -0.2) is 80.5 Å². The van der Waals surface area contributed by atoms with Crippen molar-refractivity contribution in [2.45, 2.75) is 103 Å². The van der Waals surface area contributed by atoms with Crippen LogP contribution in [-0.2, 0) is 47.3 Å². The third kappa shape index (κ3) is 4.16. The van der Waals surface area contributed by atoms with E-state index in [9.17, 15) is 29.1 Å². The van der Waals surface area contributed by atoms with Crippen molar-refractivity contribution in [2.75, 3.05) is 13.7 Å². The summed E-state index contributed by atoms with van der Waals surface area (Å²) in [6.07, 6.45) is -3.31. The van der Waals surface area contributed by atoms with Crippen molar-refractivity contribution in [3.05, 3.63) is 23.0 Å². The van der Waals surface area contributed by atoms with Crippen LogP contribution in [0.3, 0.4) is 0 Å². The zero-order valence-corrected chi connectivity index (χ0v) is 28.2. The maximum atomic E-state index is 14.4. The predicted octanol–water partition coefficient (Wildman–Crippen LogP) is 3.19. The molecule has 0 aromatic carbocycles. The van der Waals surface area contributed by atoms with Crippen molar-refractivity contribution in [2.24, 2.45) is 28.6 Å². The third-order valence-electron chi connectivity index (χ3n) is 11.4. The van der Waals surface area contributed by atoms with Gasteiger partial charge in [0.15, 0.2) is 17.7 Å². The fourth-order valence-corrected chi connectivity index (χ4v) is 9.61. The van der Waals surface area contributed by atoms with Crippen molar-refractivity contribution in [1.82, 2.24) is 0 Å². The monoisotopic (exact) mass is 632 g/mol. The zero-order chi connectivity index (χ0) is 32.9. The highest BCUT2D eigenvalue weighted by Gasteiger charge is 2.85. The van der Waals surface area contributed by atoms with Crippen LogP contribution >= 0.6 is 0 Å². The molecule has 5 aliphatic rings. The van der Waals surface area contributed by atoms with E-state index in [1.54, 1.807) is 13.8 Å².